The first-order valence-electron chi connectivity index (χ1n) is 7.93. The van der Waals surface area contributed by atoms with Crippen LogP contribution in [0.25, 0.3) is 5.69 Å². The monoisotopic (exact) mass is 370 g/mol. The number of ether oxygens (including phenoxy) is 1. The smallest absolute Gasteiger partial charge is 0.357 e. The summed E-state index contributed by atoms with van der Waals surface area (Å²) in [6.45, 7) is 5.35. The van der Waals surface area contributed by atoms with E-state index in [1.54, 1.807) is 44.5 Å². The fraction of sp³-hybridized carbons (Fsp3) is 0.222. The molecule has 0 aliphatic rings. The number of anilines is 1. The average molecular weight is 370 g/mol. The molecule has 7 nitrogen and oxygen atoms in total. The molecule has 1 N–H and O–H groups in total. The van der Waals surface area contributed by atoms with Crippen LogP contribution < -0.4 is 5.32 Å². The highest BCUT2D eigenvalue weighted by molar-refractivity contribution is 7.13. The van der Waals surface area contributed by atoms with Crippen LogP contribution in [0.15, 0.2) is 48.0 Å². The van der Waals surface area contributed by atoms with E-state index in [-0.39, 0.29) is 11.4 Å². The van der Waals surface area contributed by atoms with Crippen molar-refractivity contribution < 1.29 is 14.3 Å². The Morgan fingerprint density at radius 3 is 2.54 bits per heavy atom. The molecule has 0 unspecified atom stereocenters. The quantitative estimate of drug-likeness (QED) is 0.710. The number of esters is 1. The lowest BCUT2D eigenvalue weighted by Gasteiger charge is -2.19. The van der Waals surface area contributed by atoms with E-state index < -0.39 is 17.5 Å². The van der Waals surface area contributed by atoms with Gasteiger partial charge in [0.1, 0.15) is 5.60 Å². The first-order valence-corrected chi connectivity index (χ1v) is 8.81. The van der Waals surface area contributed by atoms with Crippen molar-refractivity contribution in [3.63, 3.8) is 0 Å². The van der Waals surface area contributed by atoms with Gasteiger partial charge in [0.2, 0.25) is 0 Å². The summed E-state index contributed by atoms with van der Waals surface area (Å²) in [5.41, 5.74) is 0.272. The number of benzene rings is 1. The standard InChI is InChI=1S/C18H18N4O3S/c1-18(2,3)25-16(24)14-11-13(15(23)20-17-19-9-10-26-17)21-22(14)12-7-5-4-6-8-12/h4-11H,1-3H3,(H,19,20,23). The number of rotatable bonds is 4. The minimum absolute atomic E-state index is 0.102. The van der Waals surface area contributed by atoms with E-state index in [2.05, 4.69) is 15.4 Å². The summed E-state index contributed by atoms with van der Waals surface area (Å²) in [7, 11) is 0. The fourth-order valence-electron chi connectivity index (χ4n) is 2.18. The normalized spacial score (nSPS) is 11.2. The SMILES string of the molecule is CC(C)(C)OC(=O)c1cc(C(=O)Nc2nccs2)nn1-c1ccccc1. The van der Waals surface area contributed by atoms with Crippen LogP contribution in [0.3, 0.4) is 0 Å². The number of nitrogens with zero attached hydrogens (tertiary/aromatic N) is 3. The minimum Gasteiger partial charge on any atom is -0.455 e. The van der Waals surface area contributed by atoms with Crippen LogP contribution in [0.2, 0.25) is 0 Å². The van der Waals surface area contributed by atoms with Gasteiger partial charge in [0.25, 0.3) is 5.91 Å². The predicted molar refractivity (Wildman–Crippen MR) is 98.8 cm³/mol. The molecule has 26 heavy (non-hydrogen) atoms. The van der Waals surface area contributed by atoms with E-state index in [0.717, 1.165) is 0 Å². The van der Waals surface area contributed by atoms with Gasteiger partial charge in [-0.1, -0.05) is 18.2 Å². The third kappa shape index (κ3) is 4.15. The molecule has 3 aromatic rings. The maximum Gasteiger partial charge on any atom is 0.357 e. The Bertz CT molecular complexity index is 912. The Morgan fingerprint density at radius 1 is 1.19 bits per heavy atom. The first-order chi connectivity index (χ1) is 12.3. The van der Waals surface area contributed by atoms with Crippen LogP contribution in [-0.2, 0) is 4.74 Å². The van der Waals surface area contributed by atoms with E-state index in [1.165, 1.54) is 22.1 Å². The number of carbonyl (C=O) groups excluding carboxylic acids is 2. The molecule has 0 aliphatic carbocycles. The lowest BCUT2D eigenvalue weighted by molar-refractivity contribution is 0.00593. The van der Waals surface area contributed by atoms with Crippen molar-refractivity contribution in [2.24, 2.45) is 0 Å². The molecule has 0 atom stereocenters. The molecule has 2 aromatic heterocycles. The van der Waals surface area contributed by atoms with Crippen molar-refractivity contribution in [3.05, 3.63) is 59.4 Å². The van der Waals surface area contributed by atoms with Gasteiger partial charge in [-0.2, -0.15) is 5.10 Å². The van der Waals surface area contributed by atoms with E-state index in [1.807, 2.05) is 18.2 Å². The Balaban J connectivity index is 1.97. The largest absolute Gasteiger partial charge is 0.455 e. The number of amides is 1. The van der Waals surface area contributed by atoms with Crippen molar-refractivity contribution >= 4 is 28.3 Å². The van der Waals surface area contributed by atoms with Gasteiger partial charge in [-0.25, -0.2) is 14.5 Å². The van der Waals surface area contributed by atoms with Crippen molar-refractivity contribution in [2.75, 3.05) is 5.32 Å². The van der Waals surface area contributed by atoms with Crippen LogP contribution in [0.5, 0.6) is 0 Å². The van der Waals surface area contributed by atoms with E-state index >= 15 is 0 Å². The van der Waals surface area contributed by atoms with Crippen molar-refractivity contribution in [2.45, 2.75) is 26.4 Å². The third-order valence-corrected chi connectivity index (χ3v) is 3.89. The van der Waals surface area contributed by atoms with Crippen molar-refractivity contribution in [1.29, 1.82) is 0 Å². The second-order valence-electron chi connectivity index (χ2n) is 6.46. The summed E-state index contributed by atoms with van der Waals surface area (Å²) in [6, 6.07) is 10.5. The lowest BCUT2D eigenvalue weighted by atomic mass is 10.2. The first kappa shape index (κ1) is 17.8. The van der Waals surface area contributed by atoms with E-state index in [0.29, 0.717) is 10.8 Å². The van der Waals surface area contributed by atoms with Crippen molar-refractivity contribution in [1.82, 2.24) is 14.8 Å². The highest BCUT2D eigenvalue weighted by Crippen LogP contribution is 2.18. The van der Waals surface area contributed by atoms with Crippen LogP contribution in [-0.4, -0.2) is 32.2 Å². The average Bonchev–Trinajstić information content (AvgIpc) is 3.23. The molecular formula is C18H18N4O3S. The van der Waals surface area contributed by atoms with Crippen LogP contribution in [0.1, 0.15) is 41.7 Å². The second kappa shape index (κ2) is 7.09. The molecule has 8 heteroatoms. The summed E-state index contributed by atoms with van der Waals surface area (Å²) in [4.78, 5) is 29.0. The van der Waals surface area contributed by atoms with Gasteiger partial charge < -0.3 is 4.74 Å². The highest BCUT2D eigenvalue weighted by Gasteiger charge is 2.25. The summed E-state index contributed by atoms with van der Waals surface area (Å²) in [5, 5.41) is 9.17. The molecule has 0 saturated heterocycles. The zero-order valence-electron chi connectivity index (χ0n) is 14.6. The van der Waals surface area contributed by atoms with Gasteiger partial charge in [0.05, 0.1) is 5.69 Å². The summed E-state index contributed by atoms with van der Waals surface area (Å²) in [5.74, 6) is -0.999. The molecule has 0 spiro atoms. The third-order valence-electron chi connectivity index (χ3n) is 3.20. The number of aromatic nitrogens is 3. The molecule has 0 bridgehead atoms. The molecule has 0 aliphatic heterocycles. The van der Waals surface area contributed by atoms with Crippen LogP contribution in [0.4, 0.5) is 5.13 Å². The van der Waals surface area contributed by atoms with Crippen LogP contribution in [0, 0.1) is 0 Å². The number of nitrogens with one attached hydrogen (secondary N) is 1. The summed E-state index contributed by atoms with van der Waals surface area (Å²) in [6.07, 6.45) is 1.59. The number of para-hydroxylation sites is 1. The molecule has 0 saturated carbocycles. The van der Waals surface area contributed by atoms with Gasteiger partial charge in [-0.15, -0.1) is 11.3 Å². The fourth-order valence-corrected chi connectivity index (χ4v) is 2.70. The molecule has 0 fully saturated rings. The number of hydrogen-bond acceptors (Lipinski definition) is 6. The maximum absolute atomic E-state index is 12.6. The molecular weight excluding hydrogens is 352 g/mol. The van der Waals surface area contributed by atoms with Crippen LogP contribution >= 0.6 is 11.3 Å². The van der Waals surface area contributed by atoms with E-state index in [9.17, 15) is 9.59 Å². The summed E-state index contributed by atoms with van der Waals surface area (Å²) >= 11 is 1.30. The van der Waals surface area contributed by atoms with Gasteiger partial charge in [-0.05, 0) is 32.9 Å². The van der Waals surface area contributed by atoms with Crippen molar-refractivity contribution in [3.8, 4) is 5.69 Å². The lowest BCUT2D eigenvalue weighted by Crippen LogP contribution is -2.25. The number of hydrogen-bond donors (Lipinski definition) is 1. The topological polar surface area (TPSA) is 86.1 Å². The van der Waals surface area contributed by atoms with Gasteiger partial charge >= 0.3 is 5.97 Å². The zero-order chi connectivity index (χ0) is 18.7. The molecule has 1 aromatic carbocycles. The second-order valence-corrected chi connectivity index (χ2v) is 7.35. The Hall–Kier alpha value is -3.00. The molecule has 0 radical (unpaired) electrons. The number of carbonyl (C=O) groups is 2. The molecule has 2 heterocycles. The molecule has 3 rings (SSSR count). The Morgan fingerprint density at radius 2 is 1.92 bits per heavy atom. The maximum atomic E-state index is 12.6. The highest BCUT2D eigenvalue weighted by atomic mass is 32.1. The summed E-state index contributed by atoms with van der Waals surface area (Å²) < 4.78 is 6.85. The van der Waals surface area contributed by atoms with Gasteiger partial charge in [0, 0.05) is 17.6 Å². The molecule has 134 valence electrons. The zero-order valence-corrected chi connectivity index (χ0v) is 15.4. The minimum atomic E-state index is -0.661. The molecule has 1 amide bonds. The Labute approximate surface area is 154 Å². The number of thiazole rings is 1. The van der Waals surface area contributed by atoms with E-state index in [4.69, 9.17) is 4.74 Å². The Kier molecular flexibility index (Phi) is 4.85. The van der Waals surface area contributed by atoms with Gasteiger partial charge in [0.15, 0.2) is 16.5 Å². The van der Waals surface area contributed by atoms with Gasteiger partial charge in [-0.3, -0.25) is 10.1 Å². The predicted octanol–water partition coefficient (Wildman–Crippen LogP) is 3.54.